The van der Waals surface area contributed by atoms with Gasteiger partial charge in [0, 0.05) is 18.2 Å². The highest BCUT2D eigenvalue weighted by molar-refractivity contribution is 6.05. The topological polar surface area (TPSA) is 60.5 Å². The zero-order chi connectivity index (χ0) is 19.7. The molecule has 5 nitrogen and oxygen atoms in total. The second-order valence-electron chi connectivity index (χ2n) is 6.93. The first-order chi connectivity index (χ1) is 13.1. The van der Waals surface area contributed by atoms with Crippen molar-refractivity contribution < 1.29 is 14.3 Å². The average Bonchev–Trinajstić information content (AvgIpc) is 2.67. The zero-order valence-electron chi connectivity index (χ0n) is 17.0. The monoisotopic (exact) mass is 372 g/mol. The summed E-state index contributed by atoms with van der Waals surface area (Å²) < 4.78 is 11.6. The van der Waals surface area contributed by atoms with Gasteiger partial charge in [0.05, 0.1) is 12.3 Å². The van der Waals surface area contributed by atoms with Crippen LogP contribution in [0.15, 0.2) is 30.5 Å². The zero-order valence-corrected chi connectivity index (χ0v) is 17.0. The lowest BCUT2D eigenvalue weighted by molar-refractivity contribution is -0.139. The molecule has 1 aromatic carbocycles. The van der Waals surface area contributed by atoms with Crippen molar-refractivity contribution in [3.05, 3.63) is 30.5 Å². The second-order valence-corrected chi connectivity index (χ2v) is 6.93. The molecule has 0 radical (unpaired) electrons. The Balaban J connectivity index is 2.27. The van der Waals surface area contributed by atoms with Gasteiger partial charge in [-0.1, -0.05) is 33.1 Å². The number of rotatable bonds is 11. The van der Waals surface area contributed by atoms with Gasteiger partial charge in [0.15, 0.2) is 0 Å². The number of aromatic nitrogens is 1. The van der Waals surface area contributed by atoms with Crippen LogP contribution in [0.4, 0.5) is 5.69 Å². The first-order valence-electron chi connectivity index (χ1n) is 10.0. The predicted molar refractivity (Wildman–Crippen MR) is 110 cm³/mol. The summed E-state index contributed by atoms with van der Waals surface area (Å²) in [6.45, 7) is 9.15. The molecule has 0 saturated heterocycles. The lowest BCUT2D eigenvalue weighted by Crippen LogP contribution is -2.42. The fourth-order valence-corrected chi connectivity index (χ4v) is 3.12. The molecule has 1 atom stereocenters. The Bertz CT molecular complexity index is 747. The van der Waals surface area contributed by atoms with Crippen LogP contribution in [-0.2, 0) is 9.53 Å². The summed E-state index contributed by atoms with van der Waals surface area (Å²) in [6.07, 6.45) is 6.53. The molecule has 0 unspecified atom stereocenters. The van der Waals surface area contributed by atoms with Crippen LogP contribution in [0, 0.1) is 0 Å². The minimum atomic E-state index is -0.837. The van der Waals surface area contributed by atoms with E-state index in [1.807, 2.05) is 38.1 Å². The van der Waals surface area contributed by atoms with E-state index in [0.29, 0.717) is 19.6 Å². The third-order valence-corrected chi connectivity index (χ3v) is 4.64. The normalized spacial score (nSPS) is 13.3. The van der Waals surface area contributed by atoms with Gasteiger partial charge in [-0.15, -0.1) is 0 Å². The van der Waals surface area contributed by atoms with Crippen molar-refractivity contribution in [2.45, 2.75) is 65.4 Å². The Hall–Kier alpha value is -2.14. The Morgan fingerprint density at radius 3 is 2.67 bits per heavy atom. The third kappa shape index (κ3) is 5.42. The first-order valence-corrected chi connectivity index (χ1v) is 10.0. The van der Waals surface area contributed by atoms with Crippen molar-refractivity contribution in [2.75, 3.05) is 18.5 Å². The second kappa shape index (κ2) is 10.3. The van der Waals surface area contributed by atoms with E-state index >= 15 is 0 Å². The van der Waals surface area contributed by atoms with Crippen LogP contribution in [0.1, 0.15) is 59.8 Å². The number of amides is 1. The van der Waals surface area contributed by atoms with Crippen LogP contribution in [0.5, 0.6) is 5.75 Å². The Kier molecular flexibility index (Phi) is 8.04. The number of pyridine rings is 1. The largest absolute Gasteiger partial charge is 0.491 e. The smallest absolute Gasteiger partial charge is 0.256 e. The molecule has 5 heteroatoms. The number of fused-ring (bicyclic) bond motifs is 1. The molecule has 0 aliphatic carbocycles. The molecule has 0 aliphatic rings. The SMILES string of the molecule is CCCCC[C@](C)(OCC)C(=O)Nc1ccc(OCCC)c2ncccc12. The number of benzene rings is 1. The van der Waals surface area contributed by atoms with Gasteiger partial charge in [0.2, 0.25) is 0 Å². The molecule has 1 aromatic heterocycles. The number of ether oxygens (including phenoxy) is 2. The molecule has 2 aromatic rings. The van der Waals surface area contributed by atoms with Crippen LogP contribution in [0.3, 0.4) is 0 Å². The summed E-state index contributed by atoms with van der Waals surface area (Å²) in [5.74, 6) is 0.619. The minimum absolute atomic E-state index is 0.118. The highest BCUT2D eigenvalue weighted by Crippen LogP contribution is 2.31. The predicted octanol–water partition coefficient (Wildman–Crippen LogP) is 5.34. The van der Waals surface area contributed by atoms with Crippen molar-refractivity contribution in [2.24, 2.45) is 0 Å². The summed E-state index contributed by atoms with van der Waals surface area (Å²) in [5.41, 5.74) is 0.650. The Morgan fingerprint density at radius 2 is 1.96 bits per heavy atom. The molecule has 0 fully saturated rings. The number of nitrogens with one attached hydrogen (secondary N) is 1. The van der Waals surface area contributed by atoms with Crippen LogP contribution in [-0.4, -0.2) is 29.7 Å². The highest BCUT2D eigenvalue weighted by atomic mass is 16.5. The third-order valence-electron chi connectivity index (χ3n) is 4.64. The molecular weight excluding hydrogens is 340 g/mol. The van der Waals surface area contributed by atoms with Gasteiger partial charge in [-0.3, -0.25) is 9.78 Å². The number of hydrogen-bond donors (Lipinski definition) is 1. The van der Waals surface area contributed by atoms with Gasteiger partial charge in [-0.25, -0.2) is 0 Å². The average molecular weight is 373 g/mol. The van der Waals surface area contributed by atoms with Crippen molar-refractivity contribution >= 4 is 22.5 Å². The van der Waals surface area contributed by atoms with Crippen molar-refractivity contribution in [1.82, 2.24) is 4.98 Å². The number of unbranched alkanes of at least 4 members (excludes halogenated alkanes) is 2. The first kappa shape index (κ1) is 21.2. The van der Waals surface area contributed by atoms with Gasteiger partial charge >= 0.3 is 0 Å². The van der Waals surface area contributed by atoms with E-state index in [-0.39, 0.29) is 5.91 Å². The quantitative estimate of drug-likeness (QED) is 0.541. The minimum Gasteiger partial charge on any atom is -0.491 e. The summed E-state index contributed by atoms with van der Waals surface area (Å²) in [6, 6.07) is 7.57. The van der Waals surface area contributed by atoms with Crippen molar-refractivity contribution in [3.8, 4) is 5.75 Å². The van der Waals surface area contributed by atoms with Gasteiger partial charge in [0.1, 0.15) is 16.9 Å². The molecular formula is C22H32N2O3. The van der Waals surface area contributed by atoms with E-state index in [9.17, 15) is 4.79 Å². The standard InChI is InChI=1S/C22H32N2O3/c1-5-8-9-14-22(4,27-7-3)21(25)24-18-12-13-19(26-16-6-2)20-17(18)11-10-15-23-20/h10-13,15H,5-9,14,16H2,1-4H3,(H,24,25)/t22-/m0/s1. The number of hydrogen-bond acceptors (Lipinski definition) is 4. The summed E-state index contributed by atoms with van der Waals surface area (Å²) >= 11 is 0. The molecule has 2 rings (SSSR count). The van der Waals surface area contributed by atoms with Crippen LogP contribution in [0.25, 0.3) is 10.9 Å². The van der Waals surface area contributed by atoms with E-state index in [1.165, 1.54) is 0 Å². The molecule has 0 aliphatic heterocycles. The van der Waals surface area contributed by atoms with Crippen molar-refractivity contribution in [1.29, 1.82) is 0 Å². The lowest BCUT2D eigenvalue weighted by atomic mass is 9.96. The summed E-state index contributed by atoms with van der Waals surface area (Å²) in [7, 11) is 0. The summed E-state index contributed by atoms with van der Waals surface area (Å²) in [5, 5.41) is 3.93. The maximum absolute atomic E-state index is 13.0. The van der Waals surface area contributed by atoms with Crippen molar-refractivity contribution in [3.63, 3.8) is 0 Å². The Labute approximate surface area is 162 Å². The van der Waals surface area contributed by atoms with E-state index < -0.39 is 5.60 Å². The fourth-order valence-electron chi connectivity index (χ4n) is 3.12. The number of anilines is 1. The number of nitrogens with zero attached hydrogens (tertiary/aromatic N) is 1. The molecule has 27 heavy (non-hydrogen) atoms. The molecule has 1 heterocycles. The van der Waals surface area contributed by atoms with Crippen LogP contribution < -0.4 is 10.1 Å². The van der Waals surface area contributed by atoms with Crippen LogP contribution >= 0.6 is 0 Å². The van der Waals surface area contributed by atoms with Gasteiger partial charge in [-0.05, 0) is 51.0 Å². The van der Waals surface area contributed by atoms with E-state index in [1.54, 1.807) is 6.20 Å². The van der Waals surface area contributed by atoms with Gasteiger partial charge in [-0.2, -0.15) is 0 Å². The Morgan fingerprint density at radius 1 is 1.15 bits per heavy atom. The number of carbonyl (C=O) groups excluding carboxylic acids is 1. The van der Waals surface area contributed by atoms with Crippen LogP contribution in [0.2, 0.25) is 0 Å². The molecule has 148 valence electrons. The fraction of sp³-hybridized carbons (Fsp3) is 0.545. The van der Waals surface area contributed by atoms with Gasteiger partial charge < -0.3 is 14.8 Å². The van der Waals surface area contributed by atoms with E-state index in [4.69, 9.17) is 9.47 Å². The molecule has 1 N–H and O–H groups in total. The molecule has 1 amide bonds. The lowest BCUT2D eigenvalue weighted by Gasteiger charge is -2.28. The number of carbonyl (C=O) groups is 1. The summed E-state index contributed by atoms with van der Waals surface area (Å²) in [4.78, 5) is 17.5. The maximum Gasteiger partial charge on any atom is 0.256 e. The molecule has 0 bridgehead atoms. The molecule has 0 saturated carbocycles. The molecule has 0 spiro atoms. The van der Waals surface area contributed by atoms with Gasteiger partial charge in [0.25, 0.3) is 5.91 Å². The maximum atomic E-state index is 13.0. The highest BCUT2D eigenvalue weighted by Gasteiger charge is 2.33. The van der Waals surface area contributed by atoms with E-state index in [0.717, 1.165) is 48.0 Å². The van der Waals surface area contributed by atoms with E-state index in [2.05, 4.69) is 24.1 Å².